The van der Waals surface area contributed by atoms with E-state index in [2.05, 4.69) is 54.6 Å². The molecular formula is C23H33IN4O3. The van der Waals surface area contributed by atoms with Crippen LogP contribution in [0.25, 0.3) is 0 Å². The van der Waals surface area contributed by atoms with Crippen molar-refractivity contribution in [2.24, 2.45) is 10.7 Å². The predicted octanol–water partition coefficient (Wildman–Crippen LogP) is 3.52. The van der Waals surface area contributed by atoms with Crippen molar-refractivity contribution >= 4 is 35.8 Å². The molecule has 0 bridgehead atoms. The largest absolute Gasteiger partial charge is 0.490 e. The molecule has 0 spiro atoms. The zero-order valence-corrected chi connectivity index (χ0v) is 20.9. The number of amides is 1. The Labute approximate surface area is 201 Å². The number of nitrogens with one attached hydrogen (secondary N) is 2. The molecule has 2 rings (SSSR count). The maximum atomic E-state index is 10.9. The van der Waals surface area contributed by atoms with Crippen molar-refractivity contribution in [1.29, 1.82) is 0 Å². The summed E-state index contributed by atoms with van der Waals surface area (Å²) in [5.74, 6) is 1.67. The Balaban J connectivity index is 0.00000480. The summed E-state index contributed by atoms with van der Waals surface area (Å²) in [5, 5.41) is 6.61. The fourth-order valence-electron chi connectivity index (χ4n) is 2.70. The van der Waals surface area contributed by atoms with Crippen molar-refractivity contribution in [2.75, 3.05) is 13.7 Å². The van der Waals surface area contributed by atoms with Crippen molar-refractivity contribution in [3.8, 4) is 11.5 Å². The average Bonchev–Trinajstić information content (AvgIpc) is 2.73. The number of carbonyl (C=O) groups excluding carboxylic acids is 1. The SMILES string of the molecule is CCC(C)Oc1cc(C)ccc1CNC(=NC)NCc1cccc(OCC(N)=O)c1.I. The van der Waals surface area contributed by atoms with Crippen molar-refractivity contribution in [3.05, 3.63) is 59.2 Å². The van der Waals surface area contributed by atoms with Gasteiger partial charge in [-0.1, -0.05) is 31.2 Å². The summed E-state index contributed by atoms with van der Waals surface area (Å²) in [6, 6.07) is 13.7. The molecule has 0 heterocycles. The molecule has 170 valence electrons. The molecule has 2 aromatic rings. The summed E-state index contributed by atoms with van der Waals surface area (Å²) in [4.78, 5) is 15.2. The first kappa shape index (κ1) is 26.5. The highest BCUT2D eigenvalue weighted by atomic mass is 127. The van der Waals surface area contributed by atoms with Gasteiger partial charge in [-0.2, -0.15) is 0 Å². The molecule has 0 aliphatic heterocycles. The Bertz CT molecular complexity index is 874. The fourth-order valence-corrected chi connectivity index (χ4v) is 2.70. The van der Waals surface area contributed by atoms with Crippen LogP contribution in [0.3, 0.4) is 0 Å². The number of aliphatic imine (C=N–C) groups is 1. The van der Waals surface area contributed by atoms with E-state index in [1.165, 1.54) is 0 Å². The number of nitrogens with zero attached hydrogens (tertiary/aromatic N) is 1. The lowest BCUT2D eigenvalue weighted by molar-refractivity contribution is -0.119. The van der Waals surface area contributed by atoms with E-state index in [0.717, 1.165) is 28.9 Å². The van der Waals surface area contributed by atoms with E-state index in [1.54, 1.807) is 13.1 Å². The number of carbonyl (C=O) groups is 1. The first-order valence-electron chi connectivity index (χ1n) is 10.1. The van der Waals surface area contributed by atoms with E-state index in [0.29, 0.717) is 24.8 Å². The molecule has 1 amide bonds. The van der Waals surface area contributed by atoms with E-state index in [9.17, 15) is 4.79 Å². The topological polar surface area (TPSA) is 98.0 Å². The Morgan fingerprint density at radius 3 is 2.58 bits per heavy atom. The van der Waals surface area contributed by atoms with Crippen LogP contribution in [0.4, 0.5) is 0 Å². The molecule has 1 atom stereocenters. The summed E-state index contributed by atoms with van der Waals surface area (Å²) in [5.41, 5.74) is 8.36. The number of hydrogen-bond acceptors (Lipinski definition) is 4. The van der Waals surface area contributed by atoms with Gasteiger partial charge in [0.25, 0.3) is 5.91 Å². The van der Waals surface area contributed by atoms with Crippen molar-refractivity contribution in [3.63, 3.8) is 0 Å². The monoisotopic (exact) mass is 540 g/mol. The van der Waals surface area contributed by atoms with E-state index in [4.69, 9.17) is 15.2 Å². The van der Waals surface area contributed by atoms with E-state index in [1.807, 2.05) is 18.2 Å². The lowest BCUT2D eigenvalue weighted by atomic mass is 10.1. The smallest absolute Gasteiger partial charge is 0.255 e. The summed E-state index contributed by atoms with van der Waals surface area (Å²) >= 11 is 0. The lowest BCUT2D eigenvalue weighted by Gasteiger charge is -2.18. The summed E-state index contributed by atoms with van der Waals surface area (Å²) in [7, 11) is 1.73. The van der Waals surface area contributed by atoms with Crippen LogP contribution in [0, 0.1) is 6.92 Å². The minimum Gasteiger partial charge on any atom is -0.490 e. The number of rotatable bonds is 10. The minimum atomic E-state index is -0.504. The molecule has 1 unspecified atom stereocenters. The van der Waals surface area contributed by atoms with Crippen LogP contribution in [0.15, 0.2) is 47.5 Å². The van der Waals surface area contributed by atoms with E-state index < -0.39 is 5.91 Å². The number of nitrogens with two attached hydrogens (primary N) is 1. The molecule has 0 saturated carbocycles. The van der Waals surface area contributed by atoms with Crippen LogP contribution >= 0.6 is 24.0 Å². The number of hydrogen-bond donors (Lipinski definition) is 3. The Hall–Kier alpha value is -2.49. The third-order valence-corrected chi connectivity index (χ3v) is 4.54. The second-order valence-corrected chi connectivity index (χ2v) is 7.13. The van der Waals surface area contributed by atoms with E-state index in [-0.39, 0.29) is 36.7 Å². The molecule has 2 aromatic carbocycles. The molecule has 0 aliphatic rings. The Kier molecular flexibility index (Phi) is 11.8. The molecule has 4 N–H and O–H groups in total. The number of halogens is 1. The van der Waals surface area contributed by atoms with Crippen LogP contribution < -0.4 is 25.8 Å². The van der Waals surface area contributed by atoms with Gasteiger partial charge in [0.2, 0.25) is 0 Å². The second-order valence-electron chi connectivity index (χ2n) is 7.13. The summed E-state index contributed by atoms with van der Waals surface area (Å²) in [6.45, 7) is 7.24. The Morgan fingerprint density at radius 2 is 1.90 bits per heavy atom. The summed E-state index contributed by atoms with van der Waals surface area (Å²) < 4.78 is 11.4. The molecule has 0 radical (unpaired) electrons. The standard InChI is InChI=1S/C23H32N4O3.HI/c1-5-17(3)30-21-11-16(2)9-10-19(21)14-27-23(25-4)26-13-18-7-6-8-20(12-18)29-15-22(24)28;/h6-12,17H,5,13-15H2,1-4H3,(H2,24,28)(H2,25,26,27);1H. The van der Waals surface area contributed by atoms with Crippen LogP contribution in [0.1, 0.15) is 37.0 Å². The highest BCUT2D eigenvalue weighted by Crippen LogP contribution is 2.22. The van der Waals surface area contributed by atoms with Gasteiger partial charge in [0, 0.05) is 25.7 Å². The highest BCUT2D eigenvalue weighted by Gasteiger charge is 2.09. The van der Waals surface area contributed by atoms with Crippen LogP contribution in [0.2, 0.25) is 0 Å². The predicted molar refractivity (Wildman–Crippen MR) is 135 cm³/mol. The second kappa shape index (κ2) is 13.7. The number of guanidine groups is 1. The van der Waals surface area contributed by atoms with Crippen molar-refractivity contribution in [1.82, 2.24) is 10.6 Å². The molecule has 0 aromatic heterocycles. The maximum Gasteiger partial charge on any atom is 0.255 e. The first-order valence-corrected chi connectivity index (χ1v) is 10.1. The van der Waals surface area contributed by atoms with Crippen LogP contribution in [-0.2, 0) is 17.9 Å². The quantitative estimate of drug-likeness (QED) is 0.244. The third kappa shape index (κ3) is 9.46. The molecule has 0 saturated heterocycles. The van der Waals surface area contributed by atoms with Gasteiger partial charge >= 0.3 is 0 Å². The lowest BCUT2D eigenvalue weighted by Crippen LogP contribution is -2.36. The number of primary amides is 1. The molecule has 8 heteroatoms. The maximum absolute atomic E-state index is 10.9. The minimum absolute atomic E-state index is 0. The zero-order valence-electron chi connectivity index (χ0n) is 18.6. The summed E-state index contributed by atoms with van der Waals surface area (Å²) in [6.07, 6.45) is 1.11. The average molecular weight is 540 g/mol. The van der Waals surface area contributed by atoms with Gasteiger partial charge in [0.15, 0.2) is 12.6 Å². The molecule has 0 fully saturated rings. The van der Waals surface area contributed by atoms with E-state index >= 15 is 0 Å². The van der Waals surface area contributed by atoms with Gasteiger partial charge in [-0.15, -0.1) is 24.0 Å². The zero-order chi connectivity index (χ0) is 21.9. The number of aryl methyl sites for hydroxylation is 1. The van der Waals surface area contributed by atoms with Gasteiger partial charge < -0.3 is 25.8 Å². The van der Waals surface area contributed by atoms with Gasteiger partial charge in [-0.05, 0) is 49.6 Å². The van der Waals surface area contributed by atoms with Gasteiger partial charge in [-0.3, -0.25) is 9.79 Å². The third-order valence-electron chi connectivity index (χ3n) is 4.54. The van der Waals surface area contributed by atoms with Crippen molar-refractivity contribution in [2.45, 2.75) is 46.4 Å². The number of benzene rings is 2. The van der Waals surface area contributed by atoms with Gasteiger partial charge in [0.1, 0.15) is 11.5 Å². The van der Waals surface area contributed by atoms with Crippen LogP contribution in [-0.4, -0.2) is 31.6 Å². The van der Waals surface area contributed by atoms with Gasteiger partial charge in [-0.25, -0.2) is 0 Å². The van der Waals surface area contributed by atoms with Crippen LogP contribution in [0.5, 0.6) is 11.5 Å². The molecular weight excluding hydrogens is 507 g/mol. The molecule has 31 heavy (non-hydrogen) atoms. The Morgan fingerprint density at radius 1 is 1.16 bits per heavy atom. The number of ether oxygens (including phenoxy) is 2. The molecule has 0 aliphatic carbocycles. The fraction of sp³-hybridized carbons (Fsp3) is 0.391. The normalized spacial score (nSPS) is 11.8. The first-order chi connectivity index (χ1) is 14.4. The highest BCUT2D eigenvalue weighted by molar-refractivity contribution is 14.0. The van der Waals surface area contributed by atoms with Gasteiger partial charge in [0.05, 0.1) is 6.10 Å². The van der Waals surface area contributed by atoms with Crippen molar-refractivity contribution < 1.29 is 14.3 Å². The molecule has 7 nitrogen and oxygen atoms in total.